The third-order valence-electron chi connectivity index (χ3n) is 4.75. The van der Waals surface area contributed by atoms with Crippen LogP contribution in [-0.4, -0.2) is 34.1 Å². The Hall–Kier alpha value is -3.22. The molecule has 1 fully saturated rings. The normalized spacial score (nSPS) is 16.4. The first-order valence-electron chi connectivity index (χ1n) is 9.18. The third kappa shape index (κ3) is 3.88. The van der Waals surface area contributed by atoms with Crippen LogP contribution in [0.25, 0.3) is 11.4 Å². The summed E-state index contributed by atoms with van der Waals surface area (Å²) < 4.78 is 24.1. The number of amides is 1. The molecule has 6 nitrogen and oxygen atoms in total. The number of aromatic nitrogens is 2. The zero-order valence-electron chi connectivity index (χ0n) is 15.5. The van der Waals surface area contributed by atoms with Crippen LogP contribution < -0.4 is 4.74 Å². The molecule has 0 bridgehead atoms. The lowest BCUT2D eigenvalue weighted by Gasteiger charge is -2.21. The van der Waals surface area contributed by atoms with E-state index in [0.29, 0.717) is 29.6 Å². The molecule has 4 rings (SSSR count). The van der Waals surface area contributed by atoms with Gasteiger partial charge in [-0.3, -0.25) is 4.79 Å². The topological polar surface area (TPSA) is 68.5 Å². The molecular formula is C21H20FN3O3. The van der Waals surface area contributed by atoms with Gasteiger partial charge in [0.1, 0.15) is 17.6 Å². The van der Waals surface area contributed by atoms with Crippen LogP contribution in [0.3, 0.4) is 0 Å². The van der Waals surface area contributed by atoms with E-state index in [1.165, 1.54) is 12.1 Å². The molecule has 0 spiro atoms. The highest BCUT2D eigenvalue weighted by atomic mass is 19.1. The standard InChI is InChI=1S/C21H20FN3O3/c1-14-4-2-5-17(12-14)27-13-19(26)25-11-3-6-18(25)21-23-20(24-28-21)15-7-9-16(22)10-8-15/h2,4-5,7-10,12,18H,3,6,11,13H2,1H3. The van der Waals surface area contributed by atoms with E-state index in [2.05, 4.69) is 10.1 Å². The Kier molecular flexibility index (Phi) is 5.06. The molecule has 2 aromatic carbocycles. The van der Waals surface area contributed by atoms with Gasteiger partial charge >= 0.3 is 0 Å². The number of aryl methyl sites for hydroxylation is 1. The maximum Gasteiger partial charge on any atom is 0.261 e. The lowest BCUT2D eigenvalue weighted by Crippen LogP contribution is -2.34. The predicted molar refractivity (Wildman–Crippen MR) is 100 cm³/mol. The molecule has 1 aliphatic heterocycles. The number of nitrogens with zero attached hydrogens (tertiary/aromatic N) is 3. The minimum Gasteiger partial charge on any atom is -0.484 e. The number of benzene rings is 2. The van der Waals surface area contributed by atoms with Gasteiger partial charge in [-0.1, -0.05) is 17.3 Å². The molecular weight excluding hydrogens is 361 g/mol. The van der Waals surface area contributed by atoms with E-state index >= 15 is 0 Å². The first-order chi connectivity index (χ1) is 13.6. The molecule has 1 saturated heterocycles. The van der Waals surface area contributed by atoms with Gasteiger partial charge in [-0.2, -0.15) is 4.98 Å². The Morgan fingerprint density at radius 2 is 2.11 bits per heavy atom. The highest BCUT2D eigenvalue weighted by Gasteiger charge is 2.34. The van der Waals surface area contributed by atoms with Crippen molar-refractivity contribution >= 4 is 5.91 Å². The molecule has 7 heteroatoms. The van der Waals surface area contributed by atoms with Crippen LogP contribution in [0.1, 0.15) is 30.3 Å². The number of carbonyl (C=O) groups excluding carboxylic acids is 1. The number of rotatable bonds is 5. The van der Waals surface area contributed by atoms with Gasteiger partial charge in [0.2, 0.25) is 11.7 Å². The summed E-state index contributed by atoms with van der Waals surface area (Å²) in [5, 5.41) is 3.98. The zero-order valence-corrected chi connectivity index (χ0v) is 15.5. The Bertz CT molecular complexity index is 971. The minimum absolute atomic E-state index is 0.0427. The third-order valence-corrected chi connectivity index (χ3v) is 4.75. The summed E-state index contributed by atoms with van der Waals surface area (Å²) in [5.74, 6) is 0.991. The lowest BCUT2D eigenvalue weighted by molar-refractivity contribution is -0.134. The van der Waals surface area contributed by atoms with Gasteiger partial charge in [0, 0.05) is 12.1 Å². The summed E-state index contributed by atoms with van der Waals surface area (Å²) in [7, 11) is 0. The summed E-state index contributed by atoms with van der Waals surface area (Å²) >= 11 is 0. The summed E-state index contributed by atoms with van der Waals surface area (Å²) in [5.41, 5.74) is 1.73. The average Bonchev–Trinajstić information content (AvgIpc) is 3.36. The fourth-order valence-corrected chi connectivity index (χ4v) is 3.34. The summed E-state index contributed by atoms with van der Waals surface area (Å²) in [4.78, 5) is 18.8. The monoisotopic (exact) mass is 381 g/mol. The van der Waals surface area contributed by atoms with Gasteiger partial charge in [0.05, 0.1) is 0 Å². The quantitative estimate of drug-likeness (QED) is 0.670. The van der Waals surface area contributed by atoms with Crippen LogP contribution in [0.5, 0.6) is 5.75 Å². The molecule has 1 unspecified atom stereocenters. The first kappa shape index (κ1) is 18.2. The van der Waals surface area contributed by atoms with E-state index in [-0.39, 0.29) is 24.4 Å². The molecule has 0 aliphatic carbocycles. The maximum atomic E-state index is 13.1. The maximum absolute atomic E-state index is 13.1. The molecule has 0 saturated carbocycles. The van der Waals surface area contributed by atoms with Gasteiger partial charge in [-0.05, 0) is 61.7 Å². The summed E-state index contributed by atoms with van der Waals surface area (Å²) in [6, 6.07) is 13.2. The van der Waals surface area contributed by atoms with Gasteiger partial charge in [-0.15, -0.1) is 0 Å². The van der Waals surface area contributed by atoms with Crippen LogP contribution in [0.15, 0.2) is 53.1 Å². The van der Waals surface area contributed by atoms with Crippen molar-refractivity contribution in [1.29, 1.82) is 0 Å². The van der Waals surface area contributed by atoms with Crippen molar-refractivity contribution in [2.24, 2.45) is 0 Å². The number of carbonyl (C=O) groups is 1. The number of likely N-dealkylation sites (tertiary alicyclic amines) is 1. The SMILES string of the molecule is Cc1cccc(OCC(=O)N2CCCC2c2nc(-c3ccc(F)cc3)no2)c1. The van der Waals surface area contributed by atoms with Crippen molar-refractivity contribution in [2.75, 3.05) is 13.2 Å². The van der Waals surface area contributed by atoms with E-state index in [1.54, 1.807) is 17.0 Å². The Balaban J connectivity index is 1.44. The smallest absolute Gasteiger partial charge is 0.261 e. The molecule has 3 aromatic rings. The van der Waals surface area contributed by atoms with Crippen LogP contribution in [0.2, 0.25) is 0 Å². The van der Waals surface area contributed by atoms with Crippen molar-refractivity contribution in [3.63, 3.8) is 0 Å². The highest BCUT2D eigenvalue weighted by molar-refractivity contribution is 5.78. The Morgan fingerprint density at radius 3 is 2.89 bits per heavy atom. The Labute approximate surface area is 161 Å². The molecule has 1 aromatic heterocycles. The fraction of sp³-hybridized carbons (Fsp3) is 0.286. The van der Waals surface area contributed by atoms with Crippen molar-refractivity contribution in [3.05, 3.63) is 65.8 Å². The molecule has 1 amide bonds. The van der Waals surface area contributed by atoms with E-state index in [0.717, 1.165) is 18.4 Å². The van der Waals surface area contributed by atoms with Gasteiger partial charge in [0.25, 0.3) is 5.91 Å². The molecule has 0 N–H and O–H groups in total. The number of hydrogen-bond acceptors (Lipinski definition) is 5. The summed E-state index contributed by atoms with van der Waals surface area (Å²) in [6.45, 7) is 2.55. The van der Waals surface area contributed by atoms with Crippen LogP contribution in [0, 0.1) is 12.7 Å². The lowest BCUT2D eigenvalue weighted by atomic mass is 10.2. The van der Waals surface area contributed by atoms with Crippen LogP contribution in [-0.2, 0) is 4.79 Å². The second-order valence-corrected chi connectivity index (χ2v) is 6.81. The van der Waals surface area contributed by atoms with Crippen LogP contribution in [0.4, 0.5) is 4.39 Å². The van der Waals surface area contributed by atoms with Crippen molar-refractivity contribution < 1.29 is 18.4 Å². The van der Waals surface area contributed by atoms with Crippen molar-refractivity contribution in [3.8, 4) is 17.1 Å². The van der Waals surface area contributed by atoms with E-state index in [4.69, 9.17) is 9.26 Å². The van der Waals surface area contributed by atoms with E-state index < -0.39 is 0 Å². The molecule has 0 radical (unpaired) electrons. The number of hydrogen-bond donors (Lipinski definition) is 0. The largest absolute Gasteiger partial charge is 0.484 e. The molecule has 2 heterocycles. The predicted octanol–water partition coefficient (Wildman–Crippen LogP) is 3.93. The molecule has 144 valence electrons. The molecule has 1 atom stereocenters. The average molecular weight is 381 g/mol. The second kappa shape index (κ2) is 7.80. The van der Waals surface area contributed by atoms with Crippen molar-refractivity contribution in [2.45, 2.75) is 25.8 Å². The van der Waals surface area contributed by atoms with Gasteiger partial charge < -0.3 is 14.2 Å². The Morgan fingerprint density at radius 1 is 1.29 bits per heavy atom. The highest BCUT2D eigenvalue weighted by Crippen LogP contribution is 2.32. The minimum atomic E-state index is -0.325. The fourth-order valence-electron chi connectivity index (χ4n) is 3.34. The number of ether oxygens (including phenoxy) is 1. The van der Waals surface area contributed by atoms with Crippen molar-refractivity contribution in [1.82, 2.24) is 15.0 Å². The van der Waals surface area contributed by atoms with Gasteiger partial charge in [-0.25, -0.2) is 4.39 Å². The van der Waals surface area contributed by atoms with E-state index in [9.17, 15) is 9.18 Å². The molecule has 1 aliphatic rings. The number of halogens is 1. The molecule has 28 heavy (non-hydrogen) atoms. The van der Waals surface area contributed by atoms with Gasteiger partial charge in [0.15, 0.2) is 6.61 Å². The first-order valence-corrected chi connectivity index (χ1v) is 9.18. The summed E-state index contributed by atoms with van der Waals surface area (Å²) in [6.07, 6.45) is 1.61. The van der Waals surface area contributed by atoms with E-state index in [1.807, 2.05) is 31.2 Å². The zero-order chi connectivity index (χ0) is 19.5. The second-order valence-electron chi connectivity index (χ2n) is 6.81. The van der Waals surface area contributed by atoms with Crippen LogP contribution >= 0.6 is 0 Å².